The van der Waals surface area contributed by atoms with Crippen molar-refractivity contribution >= 4 is 22.5 Å². The zero-order chi connectivity index (χ0) is 19.2. The fourth-order valence-electron chi connectivity index (χ4n) is 4.08. The molecule has 3 rings (SSSR count). The molecule has 0 saturated heterocycles. The van der Waals surface area contributed by atoms with Gasteiger partial charge in [0.25, 0.3) is 0 Å². The van der Waals surface area contributed by atoms with Gasteiger partial charge < -0.3 is 11.1 Å². The number of rotatable bonds is 7. The number of hydrogen-bond acceptors (Lipinski definition) is 3. The molecule has 4 heteroatoms. The van der Waals surface area contributed by atoms with E-state index in [0.29, 0.717) is 24.7 Å². The fraction of sp³-hybridized carbons (Fsp3) is 0.478. The molecule has 1 unspecified atom stereocenters. The minimum Gasteiger partial charge on any atom is -0.346 e. The molecule has 2 aromatic rings. The van der Waals surface area contributed by atoms with Crippen molar-refractivity contribution in [3.8, 4) is 0 Å². The number of Topliss-reactive ketones (excluding diaryl/α,β-unsaturated/α-hetero) is 1. The highest BCUT2D eigenvalue weighted by molar-refractivity contribution is 5.88. The molecule has 1 amide bonds. The normalized spacial score (nSPS) is 21.0. The van der Waals surface area contributed by atoms with E-state index < -0.39 is 6.04 Å². The maximum Gasteiger partial charge on any atom is 0.220 e. The summed E-state index contributed by atoms with van der Waals surface area (Å²) >= 11 is 0. The molecule has 0 radical (unpaired) electrons. The molecular weight excluding hydrogens is 336 g/mol. The molecule has 144 valence electrons. The first-order valence-corrected chi connectivity index (χ1v) is 10.0. The van der Waals surface area contributed by atoms with Gasteiger partial charge in [0.05, 0.1) is 6.04 Å². The number of nitrogens with one attached hydrogen (secondary N) is 1. The van der Waals surface area contributed by atoms with E-state index in [-0.39, 0.29) is 11.7 Å². The van der Waals surface area contributed by atoms with Crippen LogP contribution in [0.2, 0.25) is 0 Å². The predicted molar refractivity (Wildman–Crippen MR) is 109 cm³/mol. The van der Waals surface area contributed by atoms with Crippen LogP contribution in [-0.4, -0.2) is 24.3 Å². The number of nitrogens with two attached hydrogens (primary N) is 1. The standard InChI is InChI=1S/C23H30N2O2/c1-16(26)22(13-19-10-11-20-4-2-3-5-21(20)12-19)25-23(27)14-17-6-8-18(15-24)9-7-17/h2-5,10-12,17-18,22H,6-9,13-15,24H2,1H3,(H,25,27). The Morgan fingerprint density at radius 3 is 2.37 bits per heavy atom. The van der Waals surface area contributed by atoms with Gasteiger partial charge in [0.2, 0.25) is 5.91 Å². The van der Waals surface area contributed by atoms with Gasteiger partial charge in [-0.15, -0.1) is 0 Å². The van der Waals surface area contributed by atoms with E-state index in [9.17, 15) is 9.59 Å². The summed E-state index contributed by atoms with van der Waals surface area (Å²) < 4.78 is 0. The first-order chi connectivity index (χ1) is 13.0. The Balaban J connectivity index is 1.58. The topological polar surface area (TPSA) is 72.2 Å². The maximum atomic E-state index is 12.5. The van der Waals surface area contributed by atoms with Crippen molar-refractivity contribution in [3.63, 3.8) is 0 Å². The zero-order valence-corrected chi connectivity index (χ0v) is 16.1. The molecule has 0 spiro atoms. The Morgan fingerprint density at radius 2 is 1.70 bits per heavy atom. The summed E-state index contributed by atoms with van der Waals surface area (Å²) in [5, 5.41) is 5.30. The summed E-state index contributed by atoms with van der Waals surface area (Å²) in [6, 6.07) is 13.9. The maximum absolute atomic E-state index is 12.5. The highest BCUT2D eigenvalue weighted by Crippen LogP contribution is 2.30. The molecule has 27 heavy (non-hydrogen) atoms. The van der Waals surface area contributed by atoms with Gasteiger partial charge in [0, 0.05) is 6.42 Å². The molecule has 0 heterocycles. The third kappa shape index (κ3) is 5.39. The number of carbonyl (C=O) groups excluding carboxylic acids is 2. The molecule has 1 atom stereocenters. The molecular formula is C23H30N2O2. The molecule has 0 bridgehead atoms. The van der Waals surface area contributed by atoms with Crippen LogP contribution in [0.5, 0.6) is 0 Å². The largest absolute Gasteiger partial charge is 0.346 e. The van der Waals surface area contributed by atoms with E-state index in [1.54, 1.807) is 6.92 Å². The number of fused-ring (bicyclic) bond motifs is 1. The van der Waals surface area contributed by atoms with E-state index in [0.717, 1.165) is 43.2 Å². The second-order valence-electron chi connectivity index (χ2n) is 7.94. The van der Waals surface area contributed by atoms with Gasteiger partial charge >= 0.3 is 0 Å². The lowest BCUT2D eigenvalue weighted by Gasteiger charge is -2.27. The number of hydrogen-bond donors (Lipinski definition) is 2. The Kier molecular flexibility index (Phi) is 6.62. The van der Waals surface area contributed by atoms with Gasteiger partial charge in [0.1, 0.15) is 0 Å². The Labute approximate surface area is 161 Å². The van der Waals surface area contributed by atoms with Gasteiger partial charge in [-0.25, -0.2) is 0 Å². The average molecular weight is 367 g/mol. The lowest BCUT2D eigenvalue weighted by atomic mass is 9.80. The monoisotopic (exact) mass is 366 g/mol. The molecule has 1 aliphatic carbocycles. The van der Waals surface area contributed by atoms with Crippen molar-refractivity contribution in [1.82, 2.24) is 5.32 Å². The highest BCUT2D eigenvalue weighted by atomic mass is 16.2. The highest BCUT2D eigenvalue weighted by Gasteiger charge is 2.24. The molecule has 1 aliphatic rings. The summed E-state index contributed by atoms with van der Waals surface area (Å²) in [7, 11) is 0. The van der Waals surface area contributed by atoms with Gasteiger partial charge in [-0.1, -0.05) is 42.5 Å². The van der Waals surface area contributed by atoms with Crippen LogP contribution in [0.4, 0.5) is 0 Å². The van der Waals surface area contributed by atoms with Crippen molar-refractivity contribution in [2.45, 2.75) is 51.5 Å². The van der Waals surface area contributed by atoms with Crippen LogP contribution < -0.4 is 11.1 Å². The van der Waals surface area contributed by atoms with E-state index >= 15 is 0 Å². The summed E-state index contributed by atoms with van der Waals surface area (Å²) in [5.41, 5.74) is 6.81. The molecule has 1 saturated carbocycles. The van der Waals surface area contributed by atoms with Crippen molar-refractivity contribution in [1.29, 1.82) is 0 Å². The second kappa shape index (κ2) is 9.14. The second-order valence-corrected chi connectivity index (χ2v) is 7.94. The predicted octanol–water partition coefficient (Wildman–Crippen LogP) is 3.61. The first-order valence-electron chi connectivity index (χ1n) is 10.0. The van der Waals surface area contributed by atoms with E-state index in [2.05, 4.69) is 29.6 Å². The number of benzene rings is 2. The van der Waals surface area contributed by atoms with E-state index in [1.165, 1.54) is 5.39 Å². The molecule has 4 nitrogen and oxygen atoms in total. The summed E-state index contributed by atoms with van der Waals surface area (Å²) in [5.74, 6) is 1.03. The van der Waals surface area contributed by atoms with E-state index in [1.807, 2.05) is 18.2 Å². The van der Waals surface area contributed by atoms with Gasteiger partial charge in [-0.2, -0.15) is 0 Å². The number of amides is 1. The molecule has 0 aliphatic heterocycles. The third-order valence-corrected chi connectivity index (χ3v) is 5.85. The molecule has 0 aromatic heterocycles. The number of carbonyl (C=O) groups is 2. The third-order valence-electron chi connectivity index (χ3n) is 5.85. The summed E-state index contributed by atoms with van der Waals surface area (Å²) in [6.07, 6.45) is 5.39. The minimum absolute atomic E-state index is 0.00310. The number of ketones is 1. The smallest absolute Gasteiger partial charge is 0.220 e. The van der Waals surface area contributed by atoms with E-state index in [4.69, 9.17) is 5.73 Å². The van der Waals surface area contributed by atoms with Crippen molar-refractivity contribution in [2.75, 3.05) is 6.54 Å². The van der Waals surface area contributed by atoms with Crippen molar-refractivity contribution < 1.29 is 9.59 Å². The quantitative estimate of drug-likeness (QED) is 0.786. The average Bonchev–Trinajstić information content (AvgIpc) is 2.68. The van der Waals surface area contributed by atoms with Crippen LogP contribution in [0.15, 0.2) is 42.5 Å². The summed E-state index contributed by atoms with van der Waals surface area (Å²) in [4.78, 5) is 24.6. The van der Waals surface area contributed by atoms with Crippen LogP contribution >= 0.6 is 0 Å². The Bertz CT molecular complexity index is 794. The van der Waals surface area contributed by atoms with Gasteiger partial charge in [0.15, 0.2) is 5.78 Å². The van der Waals surface area contributed by atoms with Gasteiger partial charge in [-0.3, -0.25) is 9.59 Å². The van der Waals surface area contributed by atoms with Crippen LogP contribution in [0.1, 0.15) is 44.6 Å². The SMILES string of the molecule is CC(=O)C(Cc1ccc2ccccc2c1)NC(=O)CC1CCC(CN)CC1. The zero-order valence-electron chi connectivity index (χ0n) is 16.1. The lowest BCUT2D eigenvalue weighted by molar-refractivity contribution is -0.127. The molecule has 1 fully saturated rings. The van der Waals surface area contributed by atoms with Crippen LogP contribution in [0, 0.1) is 11.8 Å². The lowest BCUT2D eigenvalue weighted by Crippen LogP contribution is -2.42. The van der Waals surface area contributed by atoms with Crippen LogP contribution in [0.3, 0.4) is 0 Å². The molecule has 2 aromatic carbocycles. The molecule has 3 N–H and O–H groups in total. The summed E-state index contributed by atoms with van der Waals surface area (Å²) in [6.45, 7) is 2.30. The first kappa shape index (κ1) is 19.6. The van der Waals surface area contributed by atoms with Crippen molar-refractivity contribution in [3.05, 3.63) is 48.0 Å². The van der Waals surface area contributed by atoms with Crippen LogP contribution in [-0.2, 0) is 16.0 Å². The Morgan fingerprint density at radius 1 is 1.04 bits per heavy atom. The van der Waals surface area contributed by atoms with Crippen LogP contribution in [0.25, 0.3) is 10.8 Å². The van der Waals surface area contributed by atoms with Crippen molar-refractivity contribution in [2.24, 2.45) is 17.6 Å². The minimum atomic E-state index is -0.459. The van der Waals surface area contributed by atoms with Gasteiger partial charge in [-0.05, 0) is 73.7 Å². The fourth-order valence-corrected chi connectivity index (χ4v) is 4.08. The Hall–Kier alpha value is -2.20.